The largest absolute Gasteiger partial charge is 0.423 e. The Hall–Kier alpha value is -3.22. The predicted octanol–water partition coefficient (Wildman–Crippen LogP) is 8.07. The summed E-state index contributed by atoms with van der Waals surface area (Å²) >= 11 is 0. The van der Waals surface area contributed by atoms with Crippen molar-refractivity contribution in [1.29, 1.82) is 0 Å². The molecule has 3 aromatic carbocycles. The van der Waals surface area contributed by atoms with Crippen molar-refractivity contribution in [3.8, 4) is 5.75 Å². The van der Waals surface area contributed by atoms with E-state index in [9.17, 15) is 26.7 Å². The molecule has 7 heteroatoms. The zero-order valence-electron chi connectivity index (χ0n) is 19.2. The molecule has 35 heavy (non-hydrogen) atoms. The third-order valence-corrected chi connectivity index (χ3v) is 6.81. The first kappa shape index (κ1) is 24.9. The van der Waals surface area contributed by atoms with Gasteiger partial charge < -0.3 is 4.74 Å². The standard InChI is InChI=1S/C28H25F5O2/c1-16(18-5-3-2-4-6-18)11-17-7-9-19(10-8-17)20-12-22(29)26(23(30)13-20)28(34)35-21-14-24(31)27(33)25(32)15-21/h2-6,12-17,19H,7-11H2,1H3/t16-,17?,19?/m1/s1. The first-order valence-corrected chi connectivity index (χ1v) is 11.6. The summed E-state index contributed by atoms with van der Waals surface area (Å²) in [5, 5.41) is 0. The third kappa shape index (κ3) is 5.72. The second-order valence-electron chi connectivity index (χ2n) is 9.22. The number of hydrogen-bond donors (Lipinski definition) is 0. The summed E-state index contributed by atoms with van der Waals surface area (Å²) in [4.78, 5) is 12.3. The van der Waals surface area contributed by atoms with Gasteiger partial charge in [-0.3, -0.25) is 0 Å². The van der Waals surface area contributed by atoms with Gasteiger partial charge in [0, 0.05) is 12.1 Å². The zero-order valence-corrected chi connectivity index (χ0v) is 19.2. The molecular weight excluding hydrogens is 463 g/mol. The highest BCUT2D eigenvalue weighted by Gasteiger charge is 2.28. The lowest BCUT2D eigenvalue weighted by molar-refractivity contribution is 0.0723. The number of hydrogen-bond acceptors (Lipinski definition) is 2. The second kappa shape index (κ2) is 10.6. The van der Waals surface area contributed by atoms with Crippen LogP contribution in [0.15, 0.2) is 54.6 Å². The van der Waals surface area contributed by atoms with Gasteiger partial charge in [0.2, 0.25) is 0 Å². The summed E-state index contributed by atoms with van der Waals surface area (Å²) in [6.07, 6.45) is 4.49. The van der Waals surface area contributed by atoms with Crippen LogP contribution < -0.4 is 4.74 Å². The van der Waals surface area contributed by atoms with E-state index < -0.39 is 46.4 Å². The van der Waals surface area contributed by atoms with Gasteiger partial charge >= 0.3 is 5.97 Å². The fourth-order valence-electron chi connectivity index (χ4n) is 4.92. The van der Waals surface area contributed by atoms with Crippen LogP contribution in [0.1, 0.15) is 72.3 Å². The van der Waals surface area contributed by atoms with E-state index in [1.807, 2.05) is 18.2 Å². The number of carbonyl (C=O) groups is 1. The number of ether oxygens (including phenoxy) is 1. The van der Waals surface area contributed by atoms with Crippen LogP contribution in [0.25, 0.3) is 0 Å². The first-order chi connectivity index (χ1) is 16.7. The lowest BCUT2D eigenvalue weighted by atomic mass is 9.75. The molecule has 1 aliphatic carbocycles. The van der Waals surface area contributed by atoms with Crippen LogP contribution in [-0.4, -0.2) is 5.97 Å². The van der Waals surface area contributed by atoms with Gasteiger partial charge in [-0.05, 0) is 73.1 Å². The maximum absolute atomic E-state index is 14.7. The molecule has 0 unspecified atom stereocenters. The predicted molar refractivity (Wildman–Crippen MR) is 122 cm³/mol. The van der Waals surface area contributed by atoms with Gasteiger partial charge in [-0.2, -0.15) is 0 Å². The van der Waals surface area contributed by atoms with Crippen molar-refractivity contribution < 1.29 is 31.5 Å². The van der Waals surface area contributed by atoms with Gasteiger partial charge in [0.25, 0.3) is 0 Å². The van der Waals surface area contributed by atoms with E-state index in [4.69, 9.17) is 0 Å². The number of carbonyl (C=O) groups excluding carboxylic acids is 1. The molecule has 0 aliphatic heterocycles. The van der Waals surface area contributed by atoms with Crippen LogP contribution in [0.4, 0.5) is 22.0 Å². The van der Waals surface area contributed by atoms with Gasteiger partial charge in [0.15, 0.2) is 17.5 Å². The molecule has 1 atom stereocenters. The number of esters is 1. The second-order valence-corrected chi connectivity index (χ2v) is 9.22. The van der Waals surface area contributed by atoms with E-state index >= 15 is 0 Å². The van der Waals surface area contributed by atoms with Crippen LogP contribution in [0.5, 0.6) is 5.75 Å². The van der Waals surface area contributed by atoms with Gasteiger partial charge in [-0.25, -0.2) is 26.7 Å². The molecule has 0 saturated heterocycles. The Kier molecular flexibility index (Phi) is 7.53. The lowest BCUT2D eigenvalue weighted by Gasteiger charge is -2.30. The number of rotatable bonds is 6. The van der Waals surface area contributed by atoms with Gasteiger partial charge in [-0.15, -0.1) is 0 Å². The maximum Gasteiger partial charge on any atom is 0.349 e. The molecule has 1 aliphatic rings. The molecule has 0 aromatic heterocycles. The average Bonchev–Trinajstić information content (AvgIpc) is 2.83. The minimum Gasteiger partial charge on any atom is -0.423 e. The molecule has 0 radical (unpaired) electrons. The number of benzene rings is 3. The smallest absolute Gasteiger partial charge is 0.349 e. The van der Waals surface area contributed by atoms with Crippen molar-refractivity contribution in [2.24, 2.45) is 5.92 Å². The highest BCUT2D eigenvalue weighted by atomic mass is 19.2. The fourth-order valence-corrected chi connectivity index (χ4v) is 4.92. The molecular formula is C28H25F5O2. The van der Waals surface area contributed by atoms with Crippen molar-refractivity contribution >= 4 is 5.97 Å². The Morgan fingerprint density at radius 3 is 2.00 bits per heavy atom. The molecule has 0 bridgehead atoms. The molecule has 2 nitrogen and oxygen atoms in total. The molecule has 1 fully saturated rings. The van der Waals surface area contributed by atoms with Crippen LogP contribution in [0.3, 0.4) is 0 Å². The summed E-state index contributed by atoms with van der Waals surface area (Å²) in [7, 11) is 0. The molecule has 0 spiro atoms. The van der Waals surface area contributed by atoms with Crippen molar-refractivity contribution in [3.63, 3.8) is 0 Å². The van der Waals surface area contributed by atoms with E-state index in [2.05, 4.69) is 23.8 Å². The maximum atomic E-state index is 14.7. The first-order valence-electron chi connectivity index (χ1n) is 11.6. The summed E-state index contributed by atoms with van der Waals surface area (Å²) in [6.45, 7) is 2.21. The highest BCUT2D eigenvalue weighted by Crippen LogP contribution is 2.40. The van der Waals surface area contributed by atoms with Crippen LogP contribution in [0, 0.1) is 35.0 Å². The highest BCUT2D eigenvalue weighted by molar-refractivity contribution is 5.91. The van der Waals surface area contributed by atoms with Crippen molar-refractivity contribution in [2.45, 2.75) is 50.9 Å². The normalized spacial score (nSPS) is 18.8. The van der Waals surface area contributed by atoms with E-state index in [0.29, 0.717) is 29.5 Å². The Bertz CT molecular complexity index is 1160. The molecule has 0 heterocycles. The molecule has 184 valence electrons. The van der Waals surface area contributed by atoms with Crippen molar-refractivity contribution in [1.82, 2.24) is 0 Å². The Balaban J connectivity index is 1.40. The fraction of sp³-hybridized carbons (Fsp3) is 0.321. The molecule has 1 saturated carbocycles. The third-order valence-electron chi connectivity index (χ3n) is 6.81. The lowest BCUT2D eigenvalue weighted by Crippen LogP contribution is -2.17. The summed E-state index contributed by atoms with van der Waals surface area (Å²) in [6, 6.07) is 13.4. The average molecular weight is 488 g/mol. The summed E-state index contributed by atoms with van der Waals surface area (Å²) in [5.74, 6) is -8.38. The minimum absolute atomic E-state index is 0.0346. The van der Waals surface area contributed by atoms with E-state index in [-0.39, 0.29) is 5.92 Å². The SMILES string of the molecule is C[C@H](CC1CCC(c2cc(F)c(C(=O)Oc3cc(F)c(F)c(F)c3)c(F)c2)CC1)c1ccccc1. The zero-order chi connectivity index (χ0) is 25.1. The topological polar surface area (TPSA) is 26.3 Å². The van der Waals surface area contributed by atoms with E-state index in [1.165, 1.54) is 5.56 Å². The molecule has 3 aromatic rings. The van der Waals surface area contributed by atoms with Crippen LogP contribution >= 0.6 is 0 Å². The van der Waals surface area contributed by atoms with Gasteiger partial charge in [0.05, 0.1) is 0 Å². The molecule has 0 N–H and O–H groups in total. The quantitative estimate of drug-likeness (QED) is 0.152. The van der Waals surface area contributed by atoms with Crippen LogP contribution in [0.2, 0.25) is 0 Å². The van der Waals surface area contributed by atoms with Crippen molar-refractivity contribution in [3.05, 3.63) is 100 Å². The van der Waals surface area contributed by atoms with E-state index in [1.54, 1.807) is 0 Å². The minimum atomic E-state index is -1.74. The van der Waals surface area contributed by atoms with Gasteiger partial charge in [-0.1, -0.05) is 37.3 Å². The Morgan fingerprint density at radius 1 is 0.857 bits per heavy atom. The van der Waals surface area contributed by atoms with Gasteiger partial charge in [0.1, 0.15) is 22.9 Å². The molecule has 4 rings (SSSR count). The summed E-state index contributed by atoms with van der Waals surface area (Å²) in [5.41, 5.74) is 0.793. The Labute approximate surface area is 200 Å². The number of halogens is 5. The molecule has 0 amide bonds. The van der Waals surface area contributed by atoms with Crippen LogP contribution in [-0.2, 0) is 0 Å². The monoisotopic (exact) mass is 488 g/mol. The van der Waals surface area contributed by atoms with E-state index in [0.717, 1.165) is 44.2 Å². The Morgan fingerprint density at radius 2 is 1.43 bits per heavy atom. The van der Waals surface area contributed by atoms with Crippen molar-refractivity contribution in [2.75, 3.05) is 0 Å². The summed E-state index contributed by atoms with van der Waals surface area (Å²) < 4.78 is 73.9.